The molecule has 19 heteroatoms. The summed E-state index contributed by atoms with van der Waals surface area (Å²) in [4.78, 5) is 71.6. The number of carbonyl (C=O) groups is 4. The average molecular weight is 1170 g/mol. The normalized spacial score (nSPS) is 14.7. The highest BCUT2D eigenvalue weighted by Crippen LogP contribution is 2.45. The Morgan fingerprint density at radius 1 is 0.354 bits per heavy atom. The van der Waals surface area contributed by atoms with Crippen LogP contribution in [-0.2, 0) is 65.4 Å². The van der Waals surface area contributed by atoms with Gasteiger partial charge < -0.3 is 33.8 Å². The summed E-state index contributed by atoms with van der Waals surface area (Å²) in [5, 5.41) is 10.5. The molecule has 17 nitrogen and oxygen atoms in total. The van der Waals surface area contributed by atoms with Gasteiger partial charge in [-0.05, 0) is 31.6 Å². The van der Waals surface area contributed by atoms with Crippen LogP contribution in [0.1, 0.15) is 298 Å². The Balaban J connectivity index is 5.08. The maximum atomic E-state index is 12.9. The summed E-state index contributed by atoms with van der Waals surface area (Å²) in [5.74, 6) is -1.31. The molecule has 6 atom stereocenters. The number of hydrogen-bond acceptors (Lipinski definition) is 15. The average Bonchev–Trinajstić information content (AvgIpc) is 3.42. The number of rotatable bonds is 60. The molecule has 0 rings (SSSR count). The van der Waals surface area contributed by atoms with Gasteiger partial charge in [0.15, 0.2) is 12.2 Å². The Morgan fingerprint density at radius 2 is 0.608 bits per heavy atom. The van der Waals surface area contributed by atoms with E-state index in [0.29, 0.717) is 25.7 Å². The standard InChI is InChI=1S/C60H116O17P2/c1-6-10-13-16-27-33-38-43-57(62)70-49-55(76-59(64)45-40-35-29-18-15-12-8-3)51-74-78(66,67)72-47-54(61)48-73-79(68,69)75-52-56(50-71-58(63)44-39-34-28-17-14-11-7-2)77-60(65)46-41-36-31-26-24-22-20-19-21-23-25-30-32-37-42-53(5)9-4/h53-56,61H,6-52H2,1-5H3,(H,66,67)(H,68,69)/t53?,54-,55+,56+/m0/s1. The van der Waals surface area contributed by atoms with Crippen LogP contribution in [-0.4, -0.2) is 96.7 Å². The number of unbranched alkanes of at least 4 members (excludes halogenated alkanes) is 31. The minimum Gasteiger partial charge on any atom is -0.462 e. The van der Waals surface area contributed by atoms with E-state index in [4.69, 9.17) is 37.0 Å². The molecule has 0 saturated heterocycles. The van der Waals surface area contributed by atoms with E-state index in [9.17, 15) is 43.2 Å². The third-order valence-corrected chi connectivity index (χ3v) is 16.0. The van der Waals surface area contributed by atoms with Crippen molar-refractivity contribution < 1.29 is 80.2 Å². The van der Waals surface area contributed by atoms with Crippen LogP contribution in [0.15, 0.2) is 0 Å². The number of esters is 4. The predicted molar refractivity (Wildman–Crippen MR) is 312 cm³/mol. The molecule has 0 amide bonds. The van der Waals surface area contributed by atoms with Crippen LogP contribution >= 0.6 is 15.6 Å². The first-order valence-corrected chi connectivity index (χ1v) is 34.7. The van der Waals surface area contributed by atoms with Gasteiger partial charge in [-0.2, -0.15) is 0 Å². The van der Waals surface area contributed by atoms with Crippen molar-refractivity contribution in [1.29, 1.82) is 0 Å². The maximum Gasteiger partial charge on any atom is 0.472 e. The van der Waals surface area contributed by atoms with Gasteiger partial charge in [-0.1, -0.05) is 247 Å². The Kier molecular flexibility index (Phi) is 52.7. The van der Waals surface area contributed by atoms with Crippen molar-refractivity contribution in [2.45, 2.75) is 316 Å². The second-order valence-electron chi connectivity index (χ2n) is 22.0. The first-order chi connectivity index (χ1) is 38.1. The van der Waals surface area contributed by atoms with Gasteiger partial charge in [-0.15, -0.1) is 0 Å². The van der Waals surface area contributed by atoms with Crippen molar-refractivity contribution in [2.75, 3.05) is 39.6 Å². The summed E-state index contributed by atoms with van der Waals surface area (Å²) in [5.41, 5.74) is 0. The summed E-state index contributed by atoms with van der Waals surface area (Å²) in [6, 6.07) is 0. The van der Waals surface area contributed by atoms with E-state index in [1.54, 1.807) is 0 Å². The van der Waals surface area contributed by atoms with Crippen molar-refractivity contribution in [3.63, 3.8) is 0 Å². The van der Waals surface area contributed by atoms with E-state index in [1.807, 2.05) is 0 Å². The molecule has 0 saturated carbocycles. The molecule has 0 aliphatic carbocycles. The lowest BCUT2D eigenvalue weighted by Crippen LogP contribution is -2.30. The van der Waals surface area contributed by atoms with Crippen molar-refractivity contribution in [3.05, 3.63) is 0 Å². The quantitative estimate of drug-likeness (QED) is 0.0222. The predicted octanol–water partition coefficient (Wildman–Crippen LogP) is 16.2. The highest BCUT2D eigenvalue weighted by Gasteiger charge is 2.30. The Bertz CT molecular complexity index is 1550. The molecule has 0 aliphatic rings. The number of hydrogen-bond donors (Lipinski definition) is 3. The summed E-state index contributed by atoms with van der Waals surface area (Å²) >= 11 is 0. The lowest BCUT2D eigenvalue weighted by atomic mass is 9.99. The van der Waals surface area contributed by atoms with E-state index in [0.717, 1.165) is 134 Å². The van der Waals surface area contributed by atoms with Crippen LogP contribution in [0.3, 0.4) is 0 Å². The molecule has 468 valence electrons. The zero-order chi connectivity index (χ0) is 58.5. The van der Waals surface area contributed by atoms with Gasteiger partial charge >= 0.3 is 39.5 Å². The molecule has 0 aromatic heterocycles. The maximum absolute atomic E-state index is 12.9. The second kappa shape index (κ2) is 54.0. The minimum atomic E-state index is -4.93. The fourth-order valence-corrected chi connectivity index (χ4v) is 10.4. The van der Waals surface area contributed by atoms with Crippen LogP contribution in [0.4, 0.5) is 0 Å². The van der Waals surface area contributed by atoms with Crippen LogP contribution < -0.4 is 0 Å². The highest BCUT2D eigenvalue weighted by molar-refractivity contribution is 7.47. The minimum absolute atomic E-state index is 0.103. The SMILES string of the molecule is CCCCCCCCCC(=O)OC[C@H](COP(=O)(O)OC[C@H](O)COP(=O)(O)OC[C@@H](COC(=O)CCCCCCCCC)OC(=O)CCCCCCCCCCCCCCCCC(C)CC)OC(=O)CCCCCCCCC. The molecule has 79 heavy (non-hydrogen) atoms. The molecule has 0 radical (unpaired) electrons. The smallest absolute Gasteiger partial charge is 0.462 e. The summed E-state index contributed by atoms with van der Waals surface area (Å²) < 4.78 is 67.5. The molecule has 0 aromatic rings. The first kappa shape index (κ1) is 77.1. The number of aliphatic hydroxyl groups excluding tert-OH is 1. The molecule has 0 fully saturated rings. The molecule has 0 spiro atoms. The molecule has 0 aliphatic heterocycles. The van der Waals surface area contributed by atoms with E-state index < -0.39 is 97.5 Å². The number of phosphoric acid groups is 2. The van der Waals surface area contributed by atoms with Crippen molar-refractivity contribution in [1.82, 2.24) is 0 Å². The molecular formula is C60H116O17P2. The van der Waals surface area contributed by atoms with Gasteiger partial charge in [0.25, 0.3) is 0 Å². The fraction of sp³-hybridized carbons (Fsp3) is 0.933. The monoisotopic (exact) mass is 1170 g/mol. The number of aliphatic hydroxyl groups is 1. The molecule has 3 unspecified atom stereocenters. The third kappa shape index (κ3) is 53.8. The van der Waals surface area contributed by atoms with Crippen molar-refractivity contribution in [2.24, 2.45) is 5.92 Å². The van der Waals surface area contributed by atoms with Crippen molar-refractivity contribution >= 4 is 39.5 Å². The highest BCUT2D eigenvalue weighted by atomic mass is 31.2. The summed E-state index contributed by atoms with van der Waals surface area (Å²) in [7, 11) is -9.86. The van der Waals surface area contributed by atoms with Crippen molar-refractivity contribution in [3.8, 4) is 0 Å². The summed E-state index contributed by atoms with van der Waals surface area (Å²) in [6.45, 7) is 7.09. The molecule has 0 bridgehead atoms. The second-order valence-corrected chi connectivity index (χ2v) is 24.9. The first-order valence-electron chi connectivity index (χ1n) is 31.7. The van der Waals surface area contributed by atoms with Gasteiger partial charge in [0.1, 0.15) is 19.3 Å². The van der Waals surface area contributed by atoms with Gasteiger partial charge in [0.2, 0.25) is 0 Å². The van der Waals surface area contributed by atoms with Crippen LogP contribution in [0.5, 0.6) is 0 Å². The lowest BCUT2D eigenvalue weighted by Gasteiger charge is -2.21. The molecular weight excluding hydrogens is 1050 g/mol. The molecule has 0 heterocycles. The number of ether oxygens (including phenoxy) is 4. The van der Waals surface area contributed by atoms with Crippen LogP contribution in [0.25, 0.3) is 0 Å². The van der Waals surface area contributed by atoms with Gasteiger partial charge in [-0.25, -0.2) is 9.13 Å². The molecule has 3 N–H and O–H groups in total. The van der Waals surface area contributed by atoms with Gasteiger partial charge in [0, 0.05) is 25.7 Å². The largest absolute Gasteiger partial charge is 0.472 e. The van der Waals surface area contributed by atoms with Gasteiger partial charge in [0.05, 0.1) is 26.4 Å². The third-order valence-electron chi connectivity index (χ3n) is 14.1. The summed E-state index contributed by atoms with van der Waals surface area (Å²) in [6.07, 6.45) is 36.6. The Morgan fingerprint density at radius 3 is 0.899 bits per heavy atom. The molecule has 0 aromatic carbocycles. The zero-order valence-corrected chi connectivity index (χ0v) is 52.3. The van der Waals surface area contributed by atoms with Crippen LogP contribution in [0, 0.1) is 5.92 Å². The fourth-order valence-electron chi connectivity index (χ4n) is 8.84. The Labute approximate surface area is 479 Å². The van der Waals surface area contributed by atoms with E-state index in [1.165, 1.54) is 83.5 Å². The van der Waals surface area contributed by atoms with E-state index in [2.05, 4.69) is 34.6 Å². The Hall–Kier alpha value is -1.94. The zero-order valence-electron chi connectivity index (χ0n) is 50.5. The lowest BCUT2D eigenvalue weighted by molar-refractivity contribution is -0.161. The number of phosphoric ester groups is 2. The number of carbonyl (C=O) groups excluding carboxylic acids is 4. The van der Waals surface area contributed by atoms with E-state index in [-0.39, 0.29) is 25.7 Å². The topological polar surface area (TPSA) is 237 Å². The van der Waals surface area contributed by atoms with E-state index >= 15 is 0 Å². The van der Waals surface area contributed by atoms with Gasteiger partial charge in [-0.3, -0.25) is 37.3 Å². The van der Waals surface area contributed by atoms with Crippen LogP contribution in [0.2, 0.25) is 0 Å².